The quantitative estimate of drug-likeness (QED) is 0.837. The lowest BCUT2D eigenvalue weighted by Gasteiger charge is -2.23. The lowest BCUT2D eigenvalue weighted by Crippen LogP contribution is -2.26. The molecule has 0 fully saturated rings. The molecule has 0 saturated heterocycles. The van der Waals surface area contributed by atoms with Gasteiger partial charge in [-0.3, -0.25) is 0 Å². The number of ether oxygens (including phenoxy) is 2. The van der Waals surface area contributed by atoms with Crippen LogP contribution >= 0.6 is 15.9 Å². The summed E-state index contributed by atoms with van der Waals surface area (Å²) >= 11 is 3.36. The van der Waals surface area contributed by atoms with Crippen LogP contribution in [0.1, 0.15) is 41.5 Å². The molecule has 0 aliphatic carbocycles. The minimum absolute atomic E-state index is 0.310. The molecular formula is C12H19BrN2O2. The fraction of sp³-hybridized carbons (Fsp3) is 0.667. The third-order valence-electron chi connectivity index (χ3n) is 1.49. The average Bonchev–Trinajstić information content (AvgIpc) is 2.05. The molecule has 0 unspecified atom stereocenters. The van der Waals surface area contributed by atoms with Gasteiger partial charge in [0.2, 0.25) is 5.88 Å². The maximum absolute atomic E-state index is 5.71. The highest BCUT2D eigenvalue weighted by molar-refractivity contribution is 9.10. The molecule has 1 heterocycles. The molecule has 0 atom stereocenters. The molecule has 5 heteroatoms. The van der Waals surface area contributed by atoms with Gasteiger partial charge in [-0.2, -0.15) is 4.98 Å². The molecule has 0 spiro atoms. The molecule has 0 aliphatic heterocycles. The Morgan fingerprint density at radius 2 is 1.53 bits per heavy atom. The van der Waals surface area contributed by atoms with Gasteiger partial charge in [0.05, 0.1) is 10.7 Å². The van der Waals surface area contributed by atoms with Crippen molar-refractivity contribution >= 4 is 15.9 Å². The lowest BCUT2D eigenvalue weighted by atomic mass is 10.2. The maximum atomic E-state index is 5.71. The van der Waals surface area contributed by atoms with Crippen LogP contribution in [0, 0.1) is 0 Å². The fourth-order valence-corrected chi connectivity index (χ4v) is 1.29. The van der Waals surface area contributed by atoms with Crippen LogP contribution in [-0.4, -0.2) is 21.2 Å². The number of hydrogen-bond acceptors (Lipinski definition) is 4. The van der Waals surface area contributed by atoms with E-state index in [1.807, 2.05) is 41.5 Å². The normalized spacial score (nSPS) is 12.4. The minimum atomic E-state index is -0.327. The Morgan fingerprint density at radius 3 is 2.00 bits per heavy atom. The van der Waals surface area contributed by atoms with Crippen LogP contribution in [0.15, 0.2) is 10.7 Å². The Balaban J connectivity index is 2.95. The van der Waals surface area contributed by atoms with Crippen molar-refractivity contribution in [2.75, 3.05) is 0 Å². The third-order valence-corrected chi connectivity index (χ3v) is 2.03. The van der Waals surface area contributed by atoms with Crippen molar-refractivity contribution < 1.29 is 9.47 Å². The summed E-state index contributed by atoms with van der Waals surface area (Å²) in [6, 6.07) is 0.319. The zero-order chi connectivity index (χ0) is 13.3. The van der Waals surface area contributed by atoms with E-state index in [4.69, 9.17) is 9.47 Å². The molecule has 1 aromatic heterocycles. The molecule has 0 bridgehead atoms. The molecule has 96 valence electrons. The molecule has 1 rings (SSSR count). The number of hydrogen-bond donors (Lipinski definition) is 0. The summed E-state index contributed by atoms with van der Waals surface area (Å²) < 4.78 is 12.0. The third kappa shape index (κ3) is 5.35. The van der Waals surface area contributed by atoms with E-state index in [-0.39, 0.29) is 11.2 Å². The highest BCUT2D eigenvalue weighted by Crippen LogP contribution is 2.27. The fourth-order valence-electron chi connectivity index (χ4n) is 1.02. The van der Waals surface area contributed by atoms with Crippen LogP contribution in [0.25, 0.3) is 0 Å². The maximum Gasteiger partial charge on any atom is 0.320 e. The van der Waals surface area contributed by atoms with Crippen molar-refractivity contribution in [1.29, 1.82) is 0 Å². The van der Waals surface area contributed by atoms with Crippen LogP contribution in [-0.2, 0) is 0 Å². The summed E-state index contributed by atoms with van der Waals surface area (Å²) in [4.78, 5) is 8.33. The Kier molecular flexibility index (Phi) is 4.02. The number of rotatable bonds is 2. The van der Waals surface area contributed by atoms with Gasteiger partial charge in [-0.1, -0.05) is 0 Å². The van der Waals surface area contributed by atoms with Gasteiger partial charge in [-0.15, -0.1) is 0 Å². The molecule has 0 aliphatic rings. The predicted molar refractivity (Wildman–Crippen MR) is 70.5 cm³/mol. The molecule has 0 saturated carbocycles. The Morgan fingerprint density at radius 1 is 1.00 bits per heavy atom. The van der Waals surface area contributed by atoms with Crippen molar-refractivity contribution in [3.63, 3.8) is 0 Å². The first-order valence-corrected chi connectivity index (χ1v) is 6.27. The molecule has 0 radical (unpaired) electrons. The Hall–Kier alpha value is -0.840. The van der Waals surface area contributed by atoms with Gasteiger partial charge < -0.3 is 9.47 Å². The van der Waals surface area contributed by atoms with E-state index >= 15 is 0 Å². The predicted octanol–water partition coefficient (Wildman–Crippen LogP) is 3.59. The van der Waals surface area contributed by atoms with E-state index in [0.717, 1.165) is 0 Å². The molecule has 0 aromatic carbocycles. The zero-order valence-electron chi connectivity index (χ0n) is 11.2. The first-order valence-electron chi connectivity index (χ1n) is 5.47. The largest absolute Gasteiger partial charge is 0.471 e. The average molecular weight is 306 g/mol. The summed E-state index contributed by atoms with van der Waals surface area (Å²) in [5, 5.41) is 0. The van der Waals surface area contributed by atoms with Crippen molar-refractivity contribution in [1.82, 2.24) is 9.97 Å². The van der Waals surface area contributed by atoms with Crippen molar-refractivity contribution in [2.24, 2.45) is 0 Å². The van der Waals surface area contributed by atoms with Gasteiger partial charge in [0.25, 0.3) is 0 Å². The number of halogens is 1. The second-order valence-electron chi connectivity index (χ2n) is 5.73. The molecule has 0 N–H and O–H groups in total. The molecule has 4 nitrogen and oxygen atoms in total. The first-order chi connectivity index (χ1) is 7.57. The van der Waals surface area contributed by atoms with Gasteiger partial charge in [0.15, 0.2) is 0 Å². The van der Waals surface area contributed by atoms with Gasteiger partial charge in [0, 0.05) is 0 Å². The second kappa shape index (κ2) is 4.80. The zero-order valence-corrected chi connectivity index (χ0v) is 12.8. The standard InChI is InChI=1S/C12H19BrN2O2/c1-11(2,3)16-9-8(13)7-14-10(15-9)17-12(4,5)6/h7H,1-6H3/i10+1,14+1,15+1. The van der Waals surface area contributed by atoms with Gasteiger partial charge in [-0.05, 0) is 57.5 Å². The van der Waals surface area contributed by atoms with E-state index in [2.05, 4.69) is 25.9 Å². The minimum Gasteiger partial charge on any atom is -0.471 e. The van der Waals surface area contributed by atoms with E-state index in [0.29, 0.717) is 16.4 Å². The summed E-state index contributed by atoms with van der Waals surface area (Å²) in [6.07, 6.45) is 1.63. The summed E-state index contributed by atoms with van der Waals surface area (Å²) in [5.74, 6) is 0.492. The van der Waals surface area contributed by atoms with Crippen LogP contribution < -0.4 is 9.47 Å². The number of nitrogens with zero attached hydrogens (tertiary/aromatic N) is 2. The number of aromatic nitrogens is 2. The van der Waals surface area contributed by atoms with Crippen molar-refractivity contribution in [2.45, 2.75) is 52.7 Å². The lowest BCUT2D eigenvalue weighted by molar-refractivity contribution is 0.102. The van der Waals surface area contributed by atoms with Crippen molar-refractivity contribution in [3.05, 3.63) is 10.7 Å². The van der Waals surface area contributed by atoms with Crippen LogP contribution in [0.2, 0.25) is 0 Å². The van der Waals surface area contributed by atoms with E-state index in [1.54, 1.807) is 6.20 Å². The Labute approximate surface area is 111 Å². The van der Waals surface area contributed by atoms with Gasteiger partial charge in [0.1, 0.15) is 11.2 Å². The molecular weight excluding hydrogens is 287 g/mol. The SMILES string of the molecule is CC(C)(C)Oc1[15n][13c](OC(C)(C)C)[15n]cc1Br. The van der Waals surface area contributed by atoms with Crippen LogP contribution in [0.5, 0.6) is 11.9 Å². The second-order valence-corrected chi connectivity index (χ2v) is 6.59. The summed E-state index contributed by atoms with van der Waals surface area (Å²) in [6.45, 7) is 11.7. The van der Waals surface area contributed by atoms with E-state index in [9.17, 15) is 0 Å². The highest BCUT2D eigenvalue weighted by atomic mass is 79.9. The summed E-state index contributed by atoms with van der Waals surface area (Å²) in [5.41, 5.74) is -0.636. The first kappa shape index (κ1) is 14.2. The van der Waals surface area contributed by atoms with E-state index in [1.165, 1.54) is 0 Å². The van der Waals surface area contributed by atoms with Gasteiger partial charge in [-0.25, -0.2) is 4.98 Å². The topological polar surface area (TPSA) is 44.2 Å². The molecule has 17 heavy (non-hydrogen) atoms. The highest BCUT2D eigenvalue weighted by Gasteiger charge is 2.19. The Bertz CT molecular complexity index is 394. The smallest absolute Gasteiger partial charge is 0.320 e. The van der Waals surface area contributed by atoms with Crippen molar-refractivity contribution in [3.8, 4) is 11.9 Å². The van der Waals surface area contributed by atoms with Gasteiger partial charge >= 0.3 is 6.01 Å². The van der Waals surface area contributed by atoms with E-state index < -0.39 is 0 Å². The van der Waals surface area contributed by atoms with Crippen LogP contribution in [0.4, 0.5) is 0 Å². The van der Waals surface area contributed by atoms with Crippen LogP contribution in [0.3, 0.4) is 0 Å². The molecule has 0 amide bonds. The molecule has 1 aromatic rings. The summed E-state index contributed by atoms with van der Waals surface area (Å²) in [7, 11) is 0. The monoisotopic (exact) mass is 305 g/mol.